The molecule has 0 amide bonds. The minimum atomic E-state index is -0.579. The Morgan fingerprint density at radius 2 is 2.00 bits per heavy atom. The summed E-state index contributed by atoms with van der Waals surface area (Å²) in [4.78, 5) is 10.5. The van der Waals surface area contributed by atoms with E-state index in [1.807, 2.05) is 0 Å². The number of para-hydroxylation sites is 1. The lowest BCUT2D eigenvalue weighted by Gasteiger charge is -2.09. The molecule has 0 aliphatic heterocycles. The second kappa shape index (κ2) is 6.16. The minimum absolute atomic E-state index is 0.0409. The molecule has 0 unspecified atom stereocenters. The maximum Gasteiger partial charge on any atom is 0.276 e. The van der Waals surface area contributed by atoms with Crippen molar-refractivity contribution >= 4 is 5.69 Å². The van der Waals surface area contributed by atoms with Crippen LogP contribution in [0.15, 0.2) is 48.5 Å². The van der Waals surface area contributed by atoms with Crippen molar-refractivity contribution in [1.29, 1.82) is 0 Å². The highest BCUT2D eigenvalue weighted by Gasteiger charge is 2.12. The van der Waals surface area contributed by atoms with Gasteiger partial charge >= 0.3 is 0 Å². The average Bonchev–Trinajstić information content (AvgIpc) is 2.45. The van der Waals surface area contributed by atoms with Gasteiger partial charge in [-0.3, -0.25) is 10.1 Å². The van der Waals surface area contributed by atoms with E-state index in [0.717, 1.165) is 5.56 Å². The van der Waals surface area contributed by atoms with Crippen molar-refractivity contribution in [2.75, 3.05) is 0 Å². The van der Waals surface area contributed by atoms with Gasteiger partial charge in [-0.25, -0.2) is 0 Å². The van der Waals surface area contributed by atoms with E-state index in [-0.39, 0.29) is 12.3 Å². The van der Waals surface area contributed by atoms with Gasteiger partial charge in [-0.2, -0.15) is 0 Å². The van der Waals surface area contributed by atoms with Crippen LogP contribution in [0.2, 0.25) is 0 Å². The minimum Gasteiger partial charge on any atom is -0.489 e. The fourth-order valence-electron chi connectivity index (χ4n) is 1.84. The number of hydrogen-bond acceptors (Lipinski definition) is 4. The third-order valence-corrected chi connectivity index (χ3v) is 2.92. The highest BCUT2D eigenvalue weighted by atomic mass is 16.6. The molecule has 5 heteroatoms. The van der Waals surface area contributed by atoms with Crippen LogP contribution in [0.5, 0.6) is 5.75 Å². The number of aliphatic hydroxyl groups is 1. The lowest BCUT2D eigenvalue weighted by molar-refractivity contribution is -0.385. The molecule has 2 rings (SSSR count). The first-order valence-corrected chi connectivity index (χ1v) is 6.21. The summed E-state index contributed by atoms with van der Waals surface area (Å²) in [5.74, 6) is 0.571. The molecular weight excluding hydrogens is 258 g/mol. The summed E-state index contributed by atoms with van der Waals surface area (Å²) in [7, 11) is 0. The van der Waals surface area contributed by atoms with Crippen molar-refractivity contribution in [2.45, 2.75) is 19.6 Å². The molecule has 0 radical (unpaired) electrons. The summed E-state index contributed by atoms with van der Waals surface area (Å²) >= 11 is 0. The lowest BCUT2D eigenvalue weighted by atomic mass is 10.1. The van der Waals surface area contributed by atoms with Crippen LogP contribution in [0.3, 0.4) is 0 Å². The second-order valence-corrected chi connectivity index (χ2v) is 4.42. The van der Waals surface area contributed by atoms with E-state index in [4.69, 9.17) is 4.74 Å². The molecule has 1 atom stereocenters. The first-order valence-electron chi connectivity index (χ1n) is 6.21. The SMILES string of the molecule is C[C@@H](O)c1cccc(OCc2ccccc2[N+](=O)[O-])c1. The lowest BCUT2D eigenvalue weighted by Crippen LogP contribution is -2.01. The smallest absolute Gasteiger partial charge is 0.276 e. The zero-order chi connectivity index (χ0) is 14.5. The standard InChI is InChI=1S/C15H15NO4/c1-11(17)12-6-4-7-14(9-12)20-10-13-5-2-3-8-15(13)16(18)19/h2-9,11,17H,10H2,1H3/t11-/m1/s1. The molecule has 0 spiro atoms. The maximum atomic E-state index is 10.9. The zero-order valence-corrected chi connectivity index (χ0v) is 11.0. The van der Waals surface area contributed by atoms with Crippen molar-refractivity contribution in [3.8, 4) is 5.75 Å². The van der Waals surface area contributed by atoms with Gasteiger partial charge in [-0.1, -0.05) is 24.3 Å². The van der Waals surface area contributed by atoms with Gasteiger partial charge in [0.2, 0.25) is 0 Å². The molecule has 0 aromatic heterocycles. The first kappa shape index (κ1) is 14.0. The Kier molecular flexibility index (Phi) is 4.32. The Labute approximate surface area is 116 Å². The summed E-state index contributed by atoms with van der Waals surface area (Å²) in [6.45, 7) is 1.78. The van der Waals surface area contributed by atoms with Crippen LogP contribution in [0.4, 0.5) is 5.69 Å². The van der Waals surface area contributed by atoms with Crippen LogP contribution in [-0.4, -0.2) is 10.0 Å². The van der Waals surface area contributed by atoms with E-state index in [1.165, 1.54) is 6.07 Å². The highest BCUT2D eigenvalue weighted by molar-refractivity contribution is 5.40. The van der Waals surface area contributed by atoms with Crippen LogP contribution in [0.1, 0.15) is 24.2 Å². The van der Waals surface area contributed by atoms with Gasteiger partial charge in [-0.15, -0.1) is 0 Å². The number of nitrogens with zero attached hydrogens (tertiary/aromatic N) is 1. The Morgan fingerprint density at radius 1 is 1.25 bits per heavy atom. The molecule has 0 saturated heterocycles. The van der Waals surface area contributed by atoms with Gasteiger partial charge in [0.25, 0.3) is 5.69 Å². The van der Waals surface area contributed by atoms with Crippen molar-refractivity contribution < 1.29 is 14.8 Å². The van der Waals surface area contributed by atoms with E-state index in [1.54, 1.807) is 49.4 Å². The number of hydrogen-bond donors (Lipinski definition) is 1. The molecule has 0 fully saturated rings. The molecule has 1 N–H and O–H groups in total. The molecule has 2 aromatic rings. The van der Waals surface area contributed by atoms with E-state index in [0.29, 0.717) is 11.3 Å². The van der Waals surface area contributed by atoms with E-state index >= 15 is 0 Å². The van der Waals surface area contributed by atoms with Gasteiger partial charge in [0.1, 0.15) is 12.4 Å². The number of ether oxygens (including phenoxy) is 1. The summed E-state index contributed by atoms with van der Waals surface area (Å²) in [5.41, 5.74) is 1.30. The molecule has 0 heterocycles. The van der Waals surface area contributed by atoms with Crippen LogP contribution >= 0.6 is 0 Å². The monoisotopic (exact) mass is 273 g/mol. The Bertz CT molecular complexity index is 610. The topological polar surface area (TPSA) is 72.6 Å². The summed E-state index contributed by atoms with van der Waals surface area (Å²) in [6, 6.07) is 13.5. The third kappa shape index (κ3) is 3.33. The molecule has 20 heavy (non-hydrogen) atoms. The average molecular weight is 273 g/mol. The van der Waals surface area contributed by atoms with Crippen LogP contribution in [-0.2, 0) is 6.61 Å². The number of nitro groups is 1. The number of nitro benzene ring substituents is 1. The van der Waals surface area contributed by atoms with E-state index < -0.39 is 11.0 Å². The zero-order valence-electron chi connectivity index (χ0n) is 11.0. The summed E-state index contributed by atoms with van der Waals surface area (Å²) in [5, 5.41) is 20.4. The largest absolute Gasteiger partial charge is 0.489 e. The third-order valence-electron chi connectivity index (χ3n) is 2.92. The highest BCUT2D eigenvalue weighted by Crippen LogP contribution is 2.22. The molecule has 0 aliphatic rings. The first-order chi connectivity index (χ1) is 9.58. The van der Waals surface area contributed by atoms with Crippen LogP contribution < -0.4 is 4.74 Å². The fraction of sp³-hybridized carbons (Fsp3) is 0.200. The van der Waals surface area contributed by atoms with Gasteiger partial charge in [0.15, 0.2) is 0 Å². The predicted octanol–water partition coefficient (Wildman–Crippen LogP) is 3.23. The Hall–Kier alpha value is -2.40. The quantitative estimate of drug-likeness (QED) is 0.670. The predicted molar refractivity (Wildman–Crippen MR) is 74.5 cm³/mol. The van der Waals surface area contributed by atoms with Crippen molar-refractivity contribution in [3.05, 3.63) is 69.8 Å². The molecule has 0 saturated carbocycles. The van der Waals surface area contributed by atoms with Crippen molar-refractivity contribution in [2.24, 2.45) is 0 Å². The number of benzene rings is 2. The normalized spacial score (nSPS) is 11.9. The van der Waals surface area contributed by atoms with Gasteiger partial charge in [0, 0.05) is 6.07 Å². The van der Waals surface area contributed by atoms with Crippen LogP contribution in [0, 0.1) is 10.1 Å². The van der Waals surface area contributed by atoms with E-state index in [2.05, 4.69) is 0 Å². The Balaban J connectivity index is 2.13. The molecule has 0 aliphatic carbocycles. The fourth-order valence-corrected chi connectivity index (χ4v) is 1.84. The molecule has 2 aromatic carbocycles. The second-order valence-electron chi connectivity index (χ2n) is 4.42. The Morgan fingerprint density at radius 3 is 2.70 bits per heavy atom. The molecule has 104 valence electrons. The van der Waals surface area contributed by atoms with Crippen LogP contribution in [0.25, 0.3) is 0 Å². The van der Waals surface area contributed by atoms with Crippen molar-refractivity contribution in [1.82, 2.24) is 0 Å². The number of rotatable bonds is 5. The van der Waals surface area contributed by atoms with Gasteiger partial charge in [-0.05, 0) is 30.7 Å². The van der Waals surface area contributed by atoms with Gasteiger partial charge < -0.3 is 9.84 Å². The molecular formula is C15H15NO4. The van der Waals surface area contributed by atoms with E-state index in [9.17, 15) is 15.2 Å². The summed E-state index contributed by atoms with van der Waals surface area (Å²) in [6.07, 6.45) is -0.579. The summed E-state index contributed by atoms with van der Waals surface area (Å²) < 4.78 is 5.56. The van der Waals surface area contributed by atoms with Gasteiger partial charge in [0.05, 0.1) is 16.6 Å². The number of aliphatic hydroxyl groups excluding tert-OH is 1. The maximum absolute atomic E-state index is 10.9. The molecule has 0 bridgehead atoms. The van der Waals surface area contributed by atoms with Crippen molar-refractivity contribution in [3.63, 3.8) is 0 Å². The molecule has 5 nitrogen and oxygen atoms in total.